The highest BCUT2D eigenvalue weighted by Gasteiger charge is 2.43. The fraction of sp³-hybridized carbons (Fsp3) is 0.857. The van der Waals surface area contributed by atoms with Crippen molar-refractivity contribution in [2.45, 2.75) is 105 Å². The van der Waals surface area contributed by atoms with Crippen molar-refractivity contribution in [3.05, 3.63) is 0 Å². The predicted octanol–water partition coefficient (Wildman–Crippen LogP) is 2.35. The predicted molar refractivity (Wildman–Crippen MR) is 157 cm³/mol. The molecule has 0 radical (unpaired) electrons. The summed E-state index contributed by atoms with van der Waals surface area (Å²) in [5, 5.41) is 12.2. The lowest BCUT2D eigenvalue weighted by Crippen LogP contribution is -2.61. The number of nitrogens with one attached hydrogen (secondary N) is 4. The summed E-state index contributed by atoms with van der Waals surface area (Å²) in [7, 11) is 1.88. The lowest BCUT2D eigenvalue weighted by atomic mass is 9.85. The molecule has 10 nitrogen and oxygen atoms in total. The minimum absolute atomic E-state index is 0.0578. The second-order valence-electron chi connectivity index (χ2n) is 13.5. The van der Waals surface area contributed by atoms with E-state index in [0.29, 0.717) is 38.3 Å². The van der Waals surface area contributed by atoms with Crippen molar-refractivity contribution in [1.82, 2.24) is 30.5 Å². The van der Waals surface area contributed by atoms with E-state index in [1.54, 1.807) is 9.21 Å². The minimum Gasteiger partial charge on any atom is -0.345 e. The first-order valence-corrected chi connectivity index (χ1v) is 14.7. The number of carbonyl (C=O) groups is 4. The lowest BCUT2D eigenvalue weighted by molar-refractivity contribution is -0.142. The Kier molecular flexibility index (Phi) is 12.1. The third kappa shape index (κ3) is 10.9. The van der Waals surface area contributed by atoms with E-state index < -0.39 is 29.6 Å². The van der Waals surface area contributed by atoms with Crippen LogP contribution in [0.25, 0.3) is 0 Å². The number of nitrogens with zero attached hydrogens (tertiary/aromatic N) is 2. The molecule has 1 saturated carbocycles. The first-order valence-electron chi connectivity index (χ1n) is 14.3. The number of thiol groups is 1. The van der Waals surface area contributed by atoms with Crippen LogP contribution in [0.3, 0.4) is 0 Å². The zero-order chi connectivity index (χ0) is 29.5. The topological polar surface area (TPSA) is 123 Å². The summed E-state index contributed by atoms with van der Waals surface area (Å²) in [5.74, 6) is -0.133. The zero-order valence-electron chi connectivity index (χ0n) is 25.2. The smallest absolute Gasteiger partial charge is 0.315 e. The molecule has 224 valence electrons. The molecule has 0 aromatic carbocycles. The lowest BCUT2D eigenvalue weighted by Gasteiger charge is -2.37. The summed E-state index contributed by atoms with van der Waals surface area (Å²) in [6.07, 6.45) is 4.07. The number of likely N-dealkylation sites (tertiary alicyclic amines) is 1. The van der Waals surface area contributed by atoms with Crippen LogP contribution >= 0.6 is 12.8 Å². The maximum atomic E-state index is 13.8. The number of hydrogen-bond donors (Lipinski definition) is 5. The van der Waals surface area contributed by atoms with Gasteiger partial charge in [0.05, 0.1) is 6.04 Å². The van der Waals surface area contributed by atoms with Gasteiger partial charge in [-0.1, -0.05) is 67.2 Å². The average Bonchev–Trinajstić information content (AvgIpc) is 3.48. The van der Waals surface area contributed by atoms with E-state index in [0.717, 1.165) is 25.9 Å². The van der Waals surface area contributed by atoms with Crippen molar-refractivity contribution in [2.75, 3.05) is 33.2 Å². The Morgan fingerprint density at radius 1 is 0.974 bits per heavy atom. The van der Waals surface area contributed by atoms with Gasteiger partial charge in [-0.3, -0.25) is 18.7 Å². The molecule has 4 unspecified atom stereocenters. The van der Waals surface area contributed by atoms with Crippen molar-refractivity contribution in [3.63, 3.8) is 0 Å². The molecule has 0 spiro atoms. The fourth-order valence-corrected chi connectivity index (χ4v) is 4.89. The van der Waals surface area contributed by atoms with Crippen molar-refractivity contribution in [2.24, 2.45) is 16.7 Å². The highest BCUT2D eigenvalue weighted by molar-refractivity contribution is 7.77. The van der Waals surface area contributed by atoms with Gasteiger partial charge >= 0.3 is 6.03 Å². The third-order valence-electron chi connectivity index (χ3n) is 7.61. The van der Waals surface area contributed by atoms with Crippen LogP contribution in [0.4, 0.5) is 4.79 Å². The molecule has 0 aromatic rings. The Balaban J connectivity index is 2.08. The second-order valence-corrected chi connectivity index (χ2v) is 14.1. The maximum absolute atomic E-state index is 13.8. The highest BCUT2D eigenvalue weighted by atomic mass is 32.1. The van der Waals surface area contributed by atoms with Gasteiger partial charge in [0.1, 0.15) is 12.1 Å². The monoisotopic (exact) mass is 568 g/mol. The Labute approximate surface area is 240 Å². The number of rotatable bonds is 13. The van der Waals surface area contributed by atoms with Crippen LogP contribution in [0.15, 0.2) is 0 Å². The van der Waals surface area contributed by atoms with E-state index in [1.807, 2.05) is 27.8 Å². The number of carbonyl (C=O) groups excluding carboxylic acids is 4. The van der Waals surface area contributed by atoms with Crippen LogP contribution < -0.4 is 21.3 Å². The van der Waals surface area contributed by atoms with Crippen molar-refractivity contribution < 1.29 is 19.2 Å². The molecular weight excluding hydrogens is 516 g/mol. The quantitative estimate of drug-likeness (QED) is 0.172. The van der Waals surface area contributed by atoms with Crippen molar-refractivity contribution >= 4 is 36.4 Å². The van der Waals surface area contributed by atoms with Crippen LogP contribution in [-0.2, 0) is 14.4 Å². The number of amides is 4. The first kappa shape index (κ1) is 33.4. The molecule has 4 N–H and O–H groups in total. The Morgan fingerprint density at radius 2 is 1.62 bits per heavy atom. The molecule has 2 rings (SSSR count). The number of ketones is 1. The molecule has 1 heterocycles. The van der Waals surface area contributed by atoms with Crippen LogP contribution in [-0.4, -0.2) is 90.2 Å². The summed E-state index contributed by atoms with van der Waals surface area (Å²) in [6.45, 7) is 15.9. The minimum atomic E-state index is -0.827. The van der Waals surface area contributed by atoms with Crippen LogP contribution in [0.1, 0.15) is 80.6 Å². The molecule has 1 aliphatic heterocycles. The molecule has 11 heteroatoms. The summed E-state index contributed by atoms with van der Waals surface area (Å²) >= 11 is 4.25. The summed E-state index contributed by atoms with van der Waals surface area (Å²) in [6, 6.07) is -2.59. The normalized spacial score (nSPS) is 20.4. The van der Waals surface area contributed by atoms with Gasteiger partial charge in [0.15, 0.2) is 5.78 Å². The van der Waals surface area contributed by atoms with E-state index in [1.165, 1.54) is 6.92 Å². The Hall–Kier alpha value is -1.85. The van der Waals surface area contributed by atoms with E-state index in [2.05, 4.69) is 54.9 Å². The van der Waals surface area contributed by atoms with Gasteiger partial charge < -0.3 is 26.2 Å². The molecule has 4 amide bonds. The fourth-order valence-electron chi connectivity index (χ4n) is 4.79. The molecule has 1 aliphatic carbocycles. The molecule has 1 saturated heterocycles. The van der Waals surface area contributed by atoms with Gasteiger partial charge in [-0.15, -0.1) is 0 Å². The molecule has 0 bridgehead atoms. The second kappa shape index (κ2) is 14.2. The van der Waals surface area contributed by atoms with E-state index >= 15 is 0 Å². The third-order valence-corrected chi connectivity index (χ3v) is 7.81. The van der Waals surface area contributed by atoms with Crippen molar-refractivity contribution in [3.8, 4) is 0 Å². The van der Waals surface area contributed by atoms with E-state index in [9.17, 15) is 19.2 Å². The number of urea groups is 1. The molecule has 39 heavy (non-hydrogen) atoms. The first-order chi connectivity index (χ1) is 18.0. The zero-order valence-corrected chi connectivity index (χ0v) is 26.1. The molecule has 2 fully saturated rings. The average molecular weight is 569 g/mol. The number of Topliss-reactive ketones (excluding diaryl/α,β-unsaturated/α-hetero) is 1. The maximum Gasteiger partial charge on any atom is 0.315 e. The summed E-state index contributed by atoms with van der Waals surface area (Å²) < 4.78 is 1.79. The highest BCUT2D eigenvalue weighted by Crippen LogP contribution is 2.34. The Morgan fingerprint density at radius 3 is 2.13 bits per heavy atom. The van der Waals surface area contributed by atoms with E-state index in [4.69, 9.17) is 0 Å². The van der Waals surface area contributed by atoms with Gasteiger partial charge in [0, 0.05) is 32.2 Å². The number of likely N-dealkylation sites (N-methyl/N-ethyl adjacent to an activating group) is 1. The van der Waals surface area contributed by atoms with Crippen molar-refractivity contribution in [1.29, 1.82) is 0 Å². The van der Waals surface area contributed by atoms with Gasteiger partial charge in [-0.2, -0.15) is 0 Å². The Bertz CT molecular complexity index is 865. The molecule has 0 aromatic heterocycles. The van der Waals surface area contributed by atoms with Gasteiger partial charge in [0.25, 0.3) is 0 Å². The largest absolute Gasteiger partial charge is 0.345 e. The van der Waals surface area contributed by atoms with E-state index in [-0.39, 0.29) is 29.1 Å². The summed E-state index contributed by atoms with van der Waals surface area (Å²) in [4.78, 5) is 54.0. The number of hydrogen-bond acceptors (Lipinski definition) is 7. The summed E-state index contributed by atoms with van der Waals surface area (Å²) in [5.41, 5.74) is -0.803. The van der Waals surface area contributed by atoms with Crippen LogP contribution in [0.2, 0.25) is 0 Å². The van der Waals surface area contributed by atoms with Crippen LogP contribution in [0, 0.1) is 16.7 Å². The SMILES string of the molecule is CC(=O)C(CC1CC1)NC(=O)C1CCCN1C(=O)C(NC(=O)NC(CNCCN(C)S)C(C)(C)C)C(C)(C)C. The van der Waals surface area contributed by atoms with Crippen LogP contribution in [0.5, 0.6) is 0 Å². The standard InChI is InChI=1S/C28H52N6O4S/c1-18(35)20(16-19-11-12-19)30-24(36)21-10-9-14-34(21)25(37)23(28(5,6)7)32-26(38)31-22(27(2,3)4)17-29-13-15-33(8)39/h19-23,29,39H,9-17H2,1-8H3,(H,30,36)(H2,31,32,38). The molecule has 2 aliphatic rings. The van der Waals surface area contributed by atoms with Gasteiger partial charge in [0.2, 0.25) is 11.8 Å². The molecular formula is C28H52N6O4S. The van der Waals surface area contributed by atoms with Gasteiger partial charge in [-0.25, -0.2) is 4.79 Å². The van der Waals surface area contributed by atoms with Gasteiger partial charge in [-0.05, 0) is 50.0 Å². The molecule has 4 atom stereocenters.